The summed E-state index contributed by atoms with van der Waals surface area (Å²) in [7, 11) is -0.376. The van der Waals surface area contributed by atoms with Gasteiger partial charge in [-0.05, 0) is 26.9 Å². The predicted molar refractivity (Wildman–Crippen MR) is 127 cm³/mol. The molecule has 0 radical (unpaired) electrons. The number of hydrogen-bond acceptors (Lipinski definition) is 0. The molecule has 0 heterocycles. The third kappa shape index (κ3) is 3.79. The molecular weight excluding hydrogens is 367 g/mol. The Hall–Kier alpha value is -0.320. The molecule has 2 rings (SSSR count). The van der Waals surface area contributed by atoms with Gasteiger partial charge < -0.3 is 0 Å². The van der Waals surface area contributed by atoms with Crippen LogP contribution >= 0.6 is 19.5 Å². The van der Waals surface area contributed by atoms with Gasteiger partial charge in [-0.25, -0.2) is 0 Å². The quantitative estimate of drug-likeness (QED) is 0.348. The van der Waals surface area contributed by atoms with Gasteiger partial charge in [-0.15, -0.1) is 11.6 Å². The first-order valence-electron chi connectivity index (χ1n) is 10.2. The summed E-state index contributed by atoms with van der Waals surface area (Å²) >= 11 is 7.62. The third-order valence-electron chi connectivity index (χ3n) is 6.11. The van der Waals surface area contributed by atoms with E-state index in [4.69, 9.17) is 11.6 Å². The number of benzene rings is 1. The molecule has 0 spiro atoms. The van der Waals surface area contributed by atoms with Gasteiger partial charge in [0, 0.05) is 10.6 Å². The molecule has 0 N–H and O–H groups in total. The van der Waals surface area contributed by atoms with Crippen LogP contribution < -0.4 is 0 Å². The first-order valence-corrected chi connectivity index (χ1v) is 12.0. The van der Waals surface area contributed by atoms with E-state index in [1.54, 1.807) is 0 Å². The van der Waals surface area contributed by atoms with Crippen molar-refractivity contribution in [3.63, 3.8) is 0 Å². The van der Waals surface area contributed by atoms with Gasteiger partial charge >= 0.3 is 0 Å². The second-order valence-electron chi connectivity index (χ2n) is 11.7. The summed E-state index contributed by atoms with van der Waals surface area (Å²) in [6.45, 7) is 26.3. The Morgan fingerprint density at radius 3 is 1.74 bits per heavy atom. The lowest BCUT2D eigenvalue weighted by Gasteiger charge is -2.58. The van der Waals surface area contributed by atoms with Crippen molar-refractivity contribution in [2.45, 2.75) is 102 Å². The van der Waals surface area contributed by atoms with Crippen LogP contribution in [-0.4, -0.2) is 20.8 Å². The largest absolute Gasteiger partial charge is 0.121 e. The first-order chi connectivity index (χ1) is 12.0. The fourth-order valence-corrected chi connectivity index (χ4v) is 12.7. The Kier molecular flexibility index (Phi) is 5.85. The molecule has 0 saturated carbocycles. The fourth-order valence-electron chi connectivity index (χ4n) is 5.99. The second kappa shape index (κ2) is 6.88. The summed E-state index contributed by atoms with van der Waals surface area (Å²) in [6.07, 6.45) is 4.71. The molecule has 2 unspecified atom stereocenters. The predicted octanol–water partition coefficient (Wildman–Crippen LogP) is 8.46. The summed E-state index contributed by atoms with van der Waals surface area (Å²) in [6, 6.07) is 8.82. The minimum atomic E-state index is -0.376. The highest BCUT2D eigenvalue weighted by Crippen LogP contribution is 2.71. The smallest absolute Gasteiger partial charge is 0.0563 e. The zero-order valence-corrected chi connectivity index (χ0v) is 21.0. The maximum Gasteiger partial charge on any atom is 0.0563 e. The van der Waals surface area contributed by atoms with E-state index in [-0.39, 0.29) is 39.6 Å². The van der Waals surface area contributed by atoms with Crippen LogP contribution in [0.25, 0.3) is 6.08 Å². The van der Waals surface area contributed by atoms with Crippen molar-refractivity contribution in [3.05, 3.63) is 41.5 Å². The number of rotatable bonds is 3. The van der Waals surface area contributed by atoms with Gasteiger partial charge in [0.1, 0.15) is 0 Å². The normalized spacial score (nSPS) is 22.3. The Balaban J connectivity index is 2.71. The van der Waals surface area contributed by atoms with E-state index in [9.17, 15) is 0 Å². The fraction of sp³-hybridized carbons (Fsp3) is 0.680. The minimum Gasteiger partial charge on any atom is -0.121 e. The van der Waals surface area contributed by atoms with Gasteiger partial charge in [-0.1, -0.05) is 121 Å². The highest BCUT2D eigenvalue weighted by molar-refractivity contribution is 7.62. The van der Waals surface area contributed by atoms with Crippen molar-refractivity contribution in [1.82, 2.24) is 0 Å². The molecule has 27 heavy (non-hydrogen) atoms. The average Bonchev–Trinajstić information content (AvgIpc) is 2.82. The van der Waals surface area contributed by atoms with E-state index in [0.717, 1.165) is 0 Å². The number of alkyl halides is 1. The Bertz CT molecular complexity index is 695. The van der Waals surface area contributed by atoms with Gasteiger partial charge in [0.05, 0.1) is 5.38 Å². The van der Waals surface area contributed by atoms with Crippen LogP contribution in [-0.2, 0) is 5.41 Å². The van der Waals surface area contributed by atoms with Crippen LogP contribution in [0.1, 0.15) is 87.3 Å². The molecular formula is C25H40ClP. The van der Waals surface area contributed by atoms with Crippen LogP contribution in [0, 0.1) is 5.41 Å². The van der Waals surface area contributed by atoms with Crippen LogP contribution in [0.3, 0.4) is 0 Å². The minimum absolute atomic E-state index is 0.00244. The SMILES string of the molecule is CC(C)(C)P(C(C)(C)C)C(C)(C)C(Cl)C1(C(C)(C)C)C=Cc2ccccc21. The lowest BCUT2D eigenvalue weighted by Crippen LogP contribution is -2.55. The number of fused-ring (bicyclic) bond motifs is 1. The van der Waals surface area contributed by atoms with E-state index in [2.05, 4.69) is 113 Å². The Morgan fingerprint density at radius 2 is 1.30 bits per heavy atom. The van der Waals surface area contributed by atoms with Crippen molar-refractivity contribution in [1.29, 1.82) is 0 Å². The lowest BCUT2D eigenvalue weighted by molar-refractivity contribution is 0.214. The van der Waals surface area contributed by atoms with Gasteiger partial charge in [-0.2, -0.15) is 0 Å². The maximum absolute atomic E-state index is 7.62. The second-order valence-corrected chi connectivity index (χ2v) is 16.7. The summed E-state index contributed by atoms with van der Waals surface area (Å²) in [5.41, 5.74) is 2.57. The monoisotopic (exact) mass is 406 g/mol. The molecule has 0 aliphatic heterocycles. The van der Waals surface area contributed by atoms with Crippen molar-refractivity contribution >= 4 is 25.6 Å². The number of allylic oxidation sites excluding steroid dienone is 1. The molecule has 0 amide bonds. The lowest BCUT2D eigenvalue weighted by atomic mass is 9.60. The topological polar surface area (TPSA) is 0 Å². The van der Waals surface area contributed by atoms with Crippen LogP contribution in [0.15, 0.2) is 30.3 Å². The molecule has 152 valence electrons. The van der Waals surface area contributed by atoms with Crippen LogP contribution in [0.5, 0.6) is 0 Å². The van der Waals surface area contributed by atoms with E-state index in [0.29, 0.717) is 0 Å². The van der Waals surface area contributed by atoms with Crippen molar-refractivity contribution in [3.8, 4) is 0 Å². The van der Waals surface area contributed by atoms with Crippen molar-refractivity contribution in [2.75, 3.05) is 0 Å². The van der Waals surface area contributed by atoms with E-state index >= 15 is 0 Å². The highest BCUT2D eigenvalue weighted by Gasteiger charge is 2.58. The molecule has 0 fully saturated rings. The first kappa shape index (κ1) is 23.0. The molecule has 1 aliphatic rings. The Labute approximate surface area is 174 Å². The van der Waals surface area contributed by atoms with Gasteiger partial charge in [-0.3, -0.25) is 0 Å². The summed E-state index contributed by atoms with van der Waals surface area (Å²) in [4.78, 5) is 0. The molecule has 2 heteroatoms. The van der Waals surface area contributed by atoms with Gasteiger partial charge in [0.15, 0.2) is 0 Å². The van der Waals surface area contributed by atoms with Crippen molar-refractivity contribution < 1.29 is 0 Å². The molecule has 0 bridgehead atoms. The Morgan fingerprint density at radius 1 is 0.815 bits per heavy atom. The van der Waals surface area contributed by atoms with Crippen molar-refractivity contribution in [2.24, 2.45) is 5.41 Å². The number of halogens is 1. The van der Waals surface area contributed by atoms with E-state index in [1.165, 1.54) is 11.1 Å². The van der Waals surface area contributed by atoms with Gasteiger partial charge in [0.2, 0.25) is 0 Å². The van der Waals surface area contributed by atoms with Crippen LogP contribution in [0.4, 0.5) is 0 Å². The maximum atomic E-state index is 7.62. The zero-order valence-electron chi connectivity index (χ0n) is 19.4. The van der Waals surface area contributed by atoms with Gasteiger partial charge in [0.25, 0.3) is 0 Å². The standard InChI is InChI=1S/C25H40ClP/c1-21(2,3)25(17-16-18-14-12-13-15-19(18)25)20(26)24(10,11)27(22(4,5)6)23(7,8)9/h12-17,20H,1-11H3. The zero-order chi connectivity index (χ0) is 21.1. The average molecular weight is 407 g/mol. The molecule has 2 atom stereocenters. The molecule has 1 aromatic rings. The summed E-state index contributed by atoms with van der Waals surface area (Å²) < 4.78 is 0. The molecule has 1 aliphatic carbocycles. The molecule has 0 aromatic heterocycles. The van der Waals surface area contributed by atoms with E-state index < -0.39 is 0 Å². The number of hydrogen-bond donors (Lipinski definition) is 0. The molecule has 0 saturated heterocycles. The third-order valence-corrected chi connectivity index (χ3v) is 11.2. The van der Waals surface area contributed by atoms with E-state index in [1.807, 2.05) is 0 Å². The van der Waals surface area contributed by atoms with Crippen LogP contribution in [0.2, 0.25) is 0 Å². The molecule has 0 nitrogen and oxygen atoms in total. The summed E-state index contributed by atoms with van der Waals surface area (Å²) in [5, 5.41) is 0.466. The molecule has 1 aromatic carbocycles. The summed E-state index contributed by atoms with van der Waals surface area (Å²) in [5.74, 6) is 0. The highest BCUT2D eigenvalue weighted by atomic mass is 35.5.